The van der Waals surface area contributed by atoms with E-state index in [2.05, 4.69) is 10.6 Å². The number of rotatable bonds is 8. The van der Waals surface area contributed by atoms with Gasteiger partial charge >= 0.3 is 0 Å². The Bertz CT molecular complexity index is 737. The predicted octanol–water partition coefficient (Wildman–Crippen LogP) is 1.86. The molecule has 0 bridgehead atoms. The van der Waals surface area contributed by atoms with Crippen molar-refractivity contribution < 1.29 is 14.3 Å². The standard InChI is InChI=1S/C19H25N3O3.ClH/c1-13(2)18(20)19(24)22-12-17(23)21-9-10-25-16-8-7-14-5-3-4-6-15(14)11-16;/h3-8,11,13,18H,9-10,12,20H2,1-2H3,(H,21,23)(H,22,24);1H/t18-;/m0./s1. The van der Waals surface area contributed by atoms with Crippen molar-refractivity contribution in [3.8, 4) is 5.75 Å². The van der Waals surface area contributed by atoms with E-state index in [-0.39, 0.29) is 36.7 Å². The zero-order chi connectivity index (χ0) is 18.2. The van der Waals surface area contributed by atoms with Crippen LogP contribution in [-0.2, 0) is 9.59 Å². The third kappa shape index (κ3) is 6.54. The molecule has 4 N–H and O–H groups in total. The number of carbonyl (C=O) groups is 2. The van der Waals surface area contributed by atoms with Crippen molar-refractivity contribution in [2.75, 3.05) is 19.7 Å². The quantitative estimate of drug-likeness (QED) is 0.610. The van der Waals surface area contributed by atoms with Crippen LogP contribution in [0.1, 0.15) is 13.8 Å². The molecule has 0 spiro atoms. The fourth-order valence-electron chi connectivity index (χ4n) is 2.27. The van der Waals surface area contributed by atoms with Gasteiger partial charge in [-0.2, -0.15) is 0 Å². The van der Waals surface area contributed by atoms with Crippen LogP contribution in [0.15, 0.2) is 42.5 Å². The van der Waals surface area contributed by atoms with Crippen LogP contribution in [0, 0.1) is 5.92 Å². The minimum atomic E-state index is -0.607. The van der Waals surface area contributed by atoms with Gasteiger partial charge < -0.3 is 21.1 Å². The van der Waals surface area contributed by atoms with Gasteiger partial charge in [-0.3, -0.25) is 9.59 Å². The van der Waals surface area contributed by atoms with E-state index in [1.54, 1.807) is 0 Å². The lowest BCUT2D eigenvalue weighted by Crippen LogP contribution is -2.47. The Morgan fingerprint density at radius 1 is 1.08 bits per heavy atom. The first-order chi connectivity index (χ1) is 12.0. The third-order valence-corrected chi connectivity index (χ3v) is 3.86. The van der Waals surface area contributed by atoms with Crippen molar-refractivity contribution in [3.63, 3.8) is 0 Å². The highest BCUT2D eigenvalue weighted by molar-refractivity contribution is 5.87. The molecule has 2 aromatic rings. The summed E-state index contributed by atoms with van der Waals surface area (Å²) in [5.74, 6) is 0.187. The van der Waals surface area contributed by atoms with Crippen LogP contribution in [0.4, 0.5) is 0 Å². The lowest BCUT2D eigenvalue weighted by molar-refractivity contribution is -0.127. The lowest BCUT2D eigenvalue weighted by atomic mass is 10.1. The average molecular weight is 380 g/mol. The molecule has 1 atom stereocenters. The topological polar surface area (TPSA) is 93.5 Å². The summed E-state index contributed by atoms with van der Waals surface area (Å²) in [7, 11) is 0. The molecule has 0 aliphatic carbocycles. The van der Waals surface area contributed by atoms with Crippen molar-refractivity contribution in [1.82, 2.24) is 10.6 Å². The van der Waals surface area contributed by atoms with Crippen molar-refractivity contribution in [2.24, 2.45) is 11.7 Å². The number of ether oxygens (including phenoxy) is 1. The molecule has 0 heterocycles. The number of nitrogens with one attached hydrogen (secondary N) is 2. The molecule has 0 saturated heterocycles. The van der Waals surface area contributed by atoms with Gasteiger partial charge in [0.15, 0.2) is 0 Å². The molecule has 7 heteroatoms. The minimum absolute atomic E-state index is 0. The Kier molecular flexibility index (Phi) is 8.88. The van der Waals surface area contributed by atoms with Crippen molar-refractivity contribution in [1.29, 1.82) is 0 Å². The highest BCUT2D eigenvalue weighted by Gasteiger charge is 2.17. The molecule has 0 fully saturated rings. The van der Waals surface area contributed by atoms with Gasteiger partial charge in [0.05, 0.1) is 19.1 Å². The van der Waals surface area contributed by atoms with Crippen LogP contribution in [-0.4, -0.2) is 37.6 Å². The Hall–Kier alpha value is -2.31. The van der Waals surface area contributed by atoms with Gasteiger partial charge in [0, 0.05) is 0 Å². The maximum Gasteiger partial charge on any atom is 0.239 e. The predicted molar refractivity (Wildman–Crippen MR) is 106 cm³/mol. The first-order valence-electron chi connectivity index (χ1n) is 8.39. The summed E-state index contributed by atoms with van der Waals surface area (Å²) in [5, 5.41) is 7.48. The van der Waals surface area contributed by atoms with Gasteiger partial charge in [0.1, 0.15) is 12.4 Å². The van der Waals surface area contributed by atoms with Crippen LogP contribution in [0.3, 0.4) is 0 Å². The maximum atomic E-state index is 11.7. The van der Waals surface area contributed by atoms with Gasteiger partial charge in [0.2, 0.25) is 11.8 Å². The maximum absolute atomic E-state index is 11.7. The second kappa shape index (κ2) is 10.6. The van der Waals surface area contributed by atoms with E-state index in [4.69, 9.17) is 10.5 Å². The highest BCUT2D eigenvalue weighted by atomic mass is 35.5. The molecule has 0 radical (unpaired) electrons. The molecule has 0 unspecified atom stereocenters. The molecule has 6 nitrogen and oxygen atoms in total. The molecule has 0 aliphatic rings. The van der Waals surface area contributed by atoms with Gasteiger partial charge in [-0.15, -0.1) is 12.4 Å². The first-order valence-corrected chi connectivity index (χ1v) is 8.39. The van der Waals surface area contributed by atoms with E-state index in [1.807, 2.05) is 56.3 Å². The molecule has 2 rings (SSSR count). The van der Waals surface area contributed by atoms with E-state index in [0.717, 1.165) is 16.5 Å². The normalized spacial score (nSPS) is 11.5. The summed E-state index contributed by atoms with van der Waals surface area (Å²) >= 11 is 0. The van der Waals surface area contributed by atoms with Gasteiger partial charge in [-0.1, -0.05) is 44.2 Å². The SMILES string of the molecule is CC(C)[C@H](N)C(=O)NCC(=O)NCCOc1ccc2ccccc2c1.Cl. The highest BCUT2D eigenvalue weighted by Crippen LogP contribution is 2.20. The molecule has 142 valence electrons. The third-order valence-electron chi connectivity index (χ3n) is 3.86. The number of benzene rings is 2. The summed E-state index contributed by atoms with van der Waals surface area (Å²) in [6, 6.07) is 13.3. The van der Waals surface area contributed by atoms with E-state index in [1.165, 1.54) is 0 Å². The van der Waals surface area contributed by atoms with E-state index < -0.39 is 6.04 Å². The van der Waals surface area contributed by atoms with Gasteiger partial charge in [-0.25, -0.2) is 0 Å². The van der Waals surface area contributed by atoms with Crippen molar-refractivity contribution >= 4 is 35.0 Å². The summed E-state index contributed by atoms with van der Waals surface area (Å²) in [5.41, 5.74) is 5.71. The molecular weight excluding hydrogens is 354 g/mol. The summed E-state index contributed by atoms with van der Waals surface area (Å²) in [4.78, 5) is 23.4. The van der Waals surface area contributed by atoms with Crippen LogP contribution < -0.4 is 21.1 Å². The van der Waals surface area contributed by atoms with E-state index >= 15 is 0 Å². The largest absolute Gasteiger partial charge is 0.492 e. The molecular formula is C19H26ClN3O3. The minimum Gasteiger partial charge on any atom is -0.492 e. The summed E-state index contributed by atoms with van der Waals surface area (Å²) in [6.07, 6.45) is 0. The molecule has 0 saturated carbocycles. The number of amides is 2. The van der Waals surface area contributed by atoms with E-state index in [0.29, 0.717) is 13.2 Å². The second-order valence-electron chi connectivity index (χ2n) is 6.19. The molecule has 0 aliphatic heterocycles. The van der Waals surface area contributed by atoms with Crippen LogP contribution >= 0.6 is 12.4 Å². The Labute approximate surface area is 159 Å². The molecule has 2 aromatic carbocycles. The molecule has 0 aromatic heterocycles. The Morgan fingerprint density at radius 3 is 2.46 bits per heavy atom. The van der Waals surface area contributed by atoms with Crippen LogP contribution in [0.5, 0.6) is 5.75 Å². The monoisotopic (exact) mass is 379 g/mol. The van der Waals surface area contributed by atoms with Crippen molar-refractivity contribution in [3.05, 3.63) is 42.5 Å². The van der Waals surface area contributed by atoms with E-state index in [9.17, 15) is 9.59 Å². The van der Waals surface area contributed by atoms with Crippen LogP contribution in [0.25, 0.3) is 10.8 Å². The number of fused-ring (bicyclic) bond motifs is 1. The number of carbonyl (C=O) groups excluding carboxylic acids is 2. The molecule has 26 heavy (non-hydrogen) atoms. The smallest absolute Gasteiger partial charge is 0.239 e. The fraction of sp³-hybridized carbons (Fsp3) is 0.368. The Balaban J connectivity index is 0.00000338. The zero-order valence-electron chi connectivity index (χ0n) is 15.0. The number of hydrogen-bond donors (Lipinski definition) is 3. The van der Waals surface area contributed by atoms with Gasteiger partial charge in [-0.05, 0) is 28.8 Å². The second-order valence-corrected chi connectivity index (χ2v) is 6.19. The average Bonchev–Trinajstić information content (AvgIpc) is 2.62. The summed E-state index contributed by atoms with van der Waals surface area (Å²) in [6.45, 7) is 4.33. The number of hydrogen-bond acceptors (Lipinski definition) is 4. The Morgan fingerprint density at radius 2 is 1.77 bits per heavy atom. The fourth-order valence-corrected chi connectivity index (χ4v) is 2.27. The molecule has 2 amide bonds. The zero-order valence-corrected chi connectivity index (χ0v) is 15.8. The van der Waals surface area contributed by atoms with Gasteiger partial charge in [0.25, 0.3) is 0 Å². The first kappa shape index (κ1) is 21.7. The number of nitrogens with two attached hydrogens (primary N) is 1. The lowest BCUT2D eigenvalue weighted by Gasteiger charge is -2.15. The number of halogens is 1. The van der Waals surface area contributed by atoms with Crippen molar-refractivity contribution in [2.45, 2.75) is 19.9 Å². The summed E-state index contributed by atoms with van der Waals surface area (Å²) < 4.78 is 5.64. The van der Waals surface area contributed by atoms with Crippen LogP contribution in [0.2, 0.25) is 0 Å².